The van der Waals surface area contributed by atoms with Gasteiger partial charge in [0, 0.05) is 0 Å². The number of hydrogen-bond donors (Lipinski definition) is 1. The second kappa shape index (κ2) is 5.98. The first kappa shape index (κ1) is 12.3. The lowest BCUT2D eigenvalue weighted by atomic mass is 10.1. The smallest absolute Gasteiger partial charge is 0.343 e. The molecule has 0 aliphatic heterocycles. The van der Waals surface area contributed by atoms with Crippen molar-refractivity contribution in [2.45, 2.75) is 6.42 Å². The monoisotopic (exact) mass is 241 g/mol. The maximum absolute atomic E-state index is 11.8. The lowest BCUT2D eigenvalue weighted by Gasteiger charge is -2.05. The van der Waals surface area contributed by atoms with Gasteiger partial charge in [0.2, 0.25) is 0 Å². The van der Waals surface area contributed by atoms with Gasteiger partial charge in [0.1, 0.15) is 5.75 Å². The maximum Gasteiger partial charge on any atom is 0.343 e. The third kappa shape index (κ3) is 3.18. The van der Waals surface area contributed by atoms with Gasteiger partial charge in [-0.2, -0.15) is 0 Å². The molecule has 0 bridgehead atoms. The van der Waals surface area contributed by atoms with E-state index in [4.69, 9.17) is 10.5 Å². The van der Waals surface area contributed by atoms with Crippen LogP contribution in [-0.4, -0.2) is 12.5 Å². The van der Waals surface area contributed by atoms with Crippen LogP contribution in [0.3, 0.4) is 0 Å². The van der Waals surface area contributed by atoms with Gasteiger partial charge in [-0.05, 0) is 42.8 Å². The van der Waals surface area contributed by atoms with Crippen molar-refractivity contribution in [3.8, 4) is 5.75 Å². The van der Waals surface area contributed by atoms with E-state index >= 15 is 0 Å². The van der Waals surface area contributed by atoms with E-state index in [0.717, 1.165) is 12.0 Å². The zero-order chi connectivity index (χ0) is 12.8. The van der Waals surface area contributed by atoms with E-state index in [9.17, 15) is 4.79 Å². The molecule has 0 radical (unpaired) electrons. The Morgan fingerprint density at radius 2 is 1.67 bits per heavy atom. The van der Waals surface area contributed by atoms with Gasteiger partial charge in [-0.1, -0.05) is 30.3 Å². The predicted octanol–water partition coefficient (Wildman–Crippen LogP) is 2.41. The molecule has 3 nitrogen and oxygen atoms in total. The van der Waals surface area contributed by atoms with Crippen molar-refractivity contribution in [1.29, 1.82) is 0 Å². The summed E-state index contributed by atoms with van der Waals surface area (Å²) in [5, 5.41) is 0. The number of rotatable bonds is 4. The minimum atomic E-state index is -0.345. The first-order valence-corrected chi connectivity index (χ1v) is 5.86. The van der Waals surface area contributed by atoms with Gasteiger partial charge in [-0.15, -0.1) is 0 Å². The molecule has 0 aromatic heterocycles. The summed E-state index contributed by atoms with van der Waals surface area (Å²) >= 11 is 0. The van der Waals surface area contributed by atoms with Crippen molar-refractivity contribution in [3.63, 3.8) is 0 Å². The first-order valence-electron chi connectivity index (χ1n) is 5.86. The minimum Gasteiger partial charge on any atom is -0.423 e. The van der Waals surface area contributed by atoms with Crippen LogP contribution in [0.1, 0.15) is 15.9 Å². The molecule has 0 amide bonds. The number of nitrogens with two attached hydrogens (primary N) is 1. The van der Waals surface area contributed by atoms with Gasteiger partial charge >= 0.3 is 5.97 Å². The summed E-state index contributed by atoms with van der Waals surface area (Å²) in [6.07, 6.45) is 0.826. The largest absolute Gasteiger partial charge is 0.423 e. The number of carbonyl (C=O) groups excluding carboxylic acids is 1. The zero-order valence-electron chi connectivity index (χ0n) is 10.0. The Bertz CT molecular complexity index is 506. The van der Waals surface area contributed by atoms with Gasteiger partial charge in [0.15, 0.2) is 0 Å². The van der Waals surface area contributed by atoms with Crippen molar-refractivity contribution in [2.24, 2.45) is 5.73 Å². The van der Waals surface area contributed by atoms with Crippen LogP contribution in [0.4, 0.5) is 0 Å². The summed E-state index contributed by atoms with van der Waals surface area (Å²) in [5.41, 5.74) is 7.15. The molecule has 2 rings (SSSR count). The molecule has 18 heavy (non-hydrogen) atoms. The molecule has 0 saturated heterocycles. The highest BCUT2D eigenvalue weighted by atomic mass is 16.5. The first-order chi connectivity index (χ1) is 8.79. The number of hydrogen-bond acceptors (Lipinski definition) is 3. The molecule has 3 heteroatoms. The number of carbonyl (C=O) groups is 1. The van der Waals surface area contributed by atoms with E-state index in [0.29, 0.717) is 17.9 Å². The Kier molecular flexibility index (Phi) is 4.10. The molecule has 92 valence electrons. The van der Waals surface area contributed by atoms with Gasteiger partial charge in [0.25, 0.3) is 0 Å². The molecule has 2 N–H and O–H groups in total. The highest BCUT2D eigenvalue weighted by Crippen LogP contribution is 2.14. The lowest BCUT2D eigenvalue weighted by molar-refractivity contribution is 0.0734. The van der Waals surface area contributed by atoms with E-state index in [1.165, 1.54) is 0 Å². The maximum atomic E-state index is 11.8. The molecule has 2 aromatic rings. The predicted molar refractivity (Wildman–Crippen MR) is 70.6 cm³/mol. The van der Waals surface area contributed by atoms with Crippen LogP contribution in [0, 0.1) is 0 Å². The standard InChI is InChI=1S/C15H15NO2/c16-11-10-12-6-8-14(9-7-12)18-15(17)13-4-2-1-3-5-13/h1-9H,10-11,16H2. The highest BCUT2D eigenvalue weighted by molar-refractivity contribution is 5.90. The van der Waals surface area contributed by atoms with Crippen LogP contribution in [0.2, 0.25) is 0 Å². The molecule has 0 spiro atoms. The molecular formula is C15H15NO2. The van der Waals surface area contributed by atoms with E-state index in [-0.39, 0.29) is 5.97 Å². The summed E-state index contributed by atoms with van der Waals surface area (Å²) in [4.78, 5) is 11.8. The van der Waals surface area contributed by atoms with E-state index < -0.39 is 0 Å². The van der Waals surface area contributed by atoms with Crippen LogP contribution in [-0.2, 0) is 6.42 Å². The Morgan fingerprint density at radius 1 is 1.00 bits per heavy atom. The fourth-order valence-corrected chi connectivity index (χ4v) is 1.63. The normalized spacial score (nSPS) is 10.1. The van der Waals surface area contributed by atoms with Gasteiger partial charge in [-0.3, -0.25) is 0 Å². The fraction of sp³-hybridized carbons (Fsp3) is 0.133. The molecule has 0 saturated carbocycles. The Labute approximate surface area is 106 Å². The van der Waals surface area contributed by atoms with Crippen molar-refractivity contribution in [2.75, 3.05) is 6.54 Å². The van der Waals surface area contributed by atoms with E-state index in [2.05, 4.69) is 0 Å². The Hall–Kier alpha value is -2.13. The Morgan fingerprint density at radius 3 is 2.28 bits per heavy atom. The summed E-state index contributed by atoms with van der Waals surface area (Å²) in [5.74, 6) is 0.201. The van der Waals surface area contributed by atoms with Gasteiger partial charge in [-0.25, -0.2) is 4.79 Å². The third-order valence-corrected chi connectivity index (χ3v) is 2.58. The molecule has 0 aliphatic rings. The van der Waals surface area contributed by atoms with Crippen molar-refractivity contribution >= 4 is 5.97 Å². The molecule has 2 aromatic carbocycles. The molecule has 0 heterocycles. The van der Waals surface area contributed by atoms with Crippen LogP contribution < -0.4 is 10.5 Å². The molecule has 0 fully saturated rings. The highest BCUT2D eigenvalue weighted by Gasteiger charge is 2.07. The SMILES string of the molecule is NCCc1ccc(OC(=O)c2ccccc2)cc1. The topological polar surface area (TPSA) is 52.3 Å². The van der Waals surface area contributed by atoms with Crippen LogP contribution in [0.5, 0.6) is 5.75 Å². The van der Waals surface area contributed by atoms with Crippen molar-refractivity contribution < 1.29 is 9.53 Å². The second-order valence-corrected chi connectivity index (χ2v) is 3.94. The van der Waals surface area contributed by atoms with Crippen LogP contribution >= 0.6 is 0 Å². The quantitative estimate of drug-likeness (QED) is 0.660. The number of benzene rings is 2. The average molecular weight is 241 g/mol. The van der Waals surface area contributed by atoms with Crippen LogP contribution in [0.15, 0.2) is 54.6 Å². The van der Waals surface area contributed by atoms with Gasteiger partial charge < -0.3 is 10.5 Å². The summed E-state index contributed by atoms with van der Waals surface area (Å²) in [7, 11) is 0. The van der Waals surface area contributed by atoms with E-state index in [1.54, 1.807) is 36.4 Å². The second-order valence-electron chi connectivity index (χ2n) is 3.94. The molecule has 0 aliphatic carbocycles. The lowest BCUT2D eigenvalue weighted by Crippen LogP contribution is -2.08. The molecule has 0 unspecified atom stereocenters. The molecule has 0 atom stereocenters. The number of ether oxygens (including phenoxy) is 1. The zero-order valence-corrected chi connectivity index (χ0v) is 10.0. The number of esters is 1. The summed E-state index contributed by atoms with van der Waals surface area (Å²) in [6.45, 7) is 0.614. The minimum absolute atomic E-state index is 0.345. The molecular weight excluding hydrogens is 226 g/mol. The average Bonchev–Trinajstić information content (AvgIpc) is 2.42. The van der Waals surface area contributed by atoms with Crippen molar-refractivity contribution in [3.05, 3.63) is 65.7 Å². The van der Waals surface area contributed by atoms with E-state index in [1.807, 2.05) is 18.2 Å². The van der Waals surface area contributed by atoms with Crippen LogP contribution in [0.25, 0.3) is 0 Å². The van der Waals surface area contributed by atoms with Gasteiger partial charge in [0.05, 0.1) is 5.56 Å². The summed E-state index contributed by atoms with van der Waals surface area (Å²) < 4.78 is 5.26. The Balaban J connectivity index is 2.03. The summed E-state index contributed by atoms with van der Waals surface area (Å²) in [6, 6.07) is 16.3. The fourth-order valence-electron chi connectivity index (χ4n) is 1.63. The van der Waals surface area contributed by atoms with Crippen molar-refractivity contribution in [1.82, 2.24) is 0 Å². The third-order valence-electron chi connectivity index (χ3n) is 2.58.